The van der Waals surface area contributed by atoms with E-state index in [2.05, 4.69) is 15.6 Å². The average molecular weight is 512 g/mol. The van der Waals surface area contributed by atoms with E-state index in [0.717, 1.165) is 12.0 Å². The molecule has 0 saturated carbocycles. The van der Waals surface area contributed by atoms with E-state index in [1.54, 1.807) is 13.0 Å². The Morgan fingerprint density at radius 1 is 1.44 bits per heavy atom. The van der Waals surface area contributed by atoms with Crippen LogP contribution < -0.4 is 10.6 Å². The highest BCUT2D eigenvalue weighted by molar-refractivity contribution is 14.0. The van der Waals surface area contributed by atoms with Crippen LogP contribution in [0.5, 0.6) is 0 Å². The maximum Gasteiger partial charge on any atom is 0.211 e. The number of rotatable bonds is 6. The Bertz CT molecular complexity index is 758. The molecule has 1 aromatic carbocycles. The highest BCUT2D eigenvalue weighted by Crippen LogP contribution is 2.19. The van der Waals surface area contributed by atoms with Gasteiger partial charge in [0.1, 0.15) is 5.82 Å². The predicted molar refractivity (Wildman–Crippen MR) is 119 cm³/mol. The number of sulfonamides is 1. The van der Waals surface area contributed by atoms with Crippen LogP contribution in [0.2, 0.25) is 0 Å². The van der Waals surface area contributed by atoms with Crippen molar-refractivity contribution in [1.29, 1.82) is 0 Å². The van der Waals surface area contributed by atoms with Crippen molar-refractivity contribution in [3.63, 3.8) is 0 Å². The minimum atomic E-state index is -3.13. The van der Waals surface area contributed by atoms with Crippen LogP contribution in [0.3, 0.4) is 0 Å². The van der Waals surface area contributed by atoms with Crippen LogP contribution in [0.15, 0.2) is 23.2 Å². The summed E-state index contributed by atoms with van der Waals surface area (Å²) in [6.45, 7) is 8.01. The van der Waals surface area contributed by atoms with E-state index in [9.17, 15) is 12.8 Å². The molecule has 0 aromatic heterocycles. The molecule has 2 unspecified atom stereocenters. The monoisotopic (exact) mass is 512 g/mol. The van der Waals surface area contributed by atoms with Gasteiger partial charge in [-0.2, -0.15) is 0 Å². The lowest BCUT2D eigenvalue weighted by Gasteiger charge is -2.19. The Labute approximate surface area is 179 Å². The largest absolute Gasteiger partial charge is 0.357 e. The molecule has 1 fully saturated rings. The Balaban J connectivity index is 0.00000364. The molecule has 154 valence electrons. The van der Waals surface area contributed by atoms with Crippen LogP contribution in [0.1, 0.15) is 37.4 Å². The molecule has 1 aliphatic heterocycles. The summed E-state index contributed by atoms with van der Waals surface area (Å²) in [5.41, 5.74) is 1.47. The average Bonchev–Trinajstić information content (AvgIpc) is 3.04. The van der Waals surface area contributed by atoms with Crippen molar-refractivity contribution in [2.24, 2.45) is 10.9 Å². The molecule has 0 spiro atoms. The molecular formula is C18H30FIN4O2S. The molecule has 0 radical (unpaired) electrons. The highest BCUT2D eigenvalue weighted by Gasteiger charge is 2.28. The van der Waals surface area contributed by atoms with Crippen LogP contribution in [-0.4, -0.2) is 51.1 Å². The topological polar surface area (TPSA) is 73.8 Å². The van der Waals surface area contributed by atoms with Crippen molar-refractivity contribution in [3.8, 4) is 0 Å². The van der Waals surface area contributed by atoms with Crippen molar-refractivity contribution < 1.29 is 12.8 Å². The molecule has 1 saturated heterocycles. The Morgan fingerprint density at radius 2 is 2.15 bits per heavy atom. The molecule has 27 heavy (non-hydrogen) atoms. The fraction of sp³-hybridized carbons (Fsp3) is 0.611. The number of aryl methyl sites for hydroxylation is 1. The molecule has 0 aliphatic carbocycles. The maximum atomic E-state index is 13.8. The van der Waals surface area contributed by atoms with Gasteiger partial charge in [-0.25, -0.2) is 17.1 Å². The summed E-state index contributed by atoms with van der Waals surface area (Å²) in [4.78, 5) is 4.60. The number of hydrogen-bond donors (Lipinski definition) is 2. The lowest BCUT2D eigenvalue weighted by Crippen LogP contribution is -2.39. The van der Waals surface area contributed by atoms with Gasteiger partial charge in [0.15, 0.2) is 5.96 Å². The van der Waals surface area contributed by atoms with E-state index in [1.807, 2.05) is 19.9 Å². The second-order valence-electron chi connectivity index (χ2n) is 6.87. The van der Waals surface area contributed by atoms with Gasteiger partial charge in [0.05, 0.1) is 12.3 Å². The van der Waals surface area contributed by atoms with Crippen LogP contribution in [-0.2, 0) is 10.0 Å². The second-order valence-corrected chi connectivity index (χ2v) is 8.85. The van der Waals surface area contributed by atoms with Gasteiger partial charge in [-0.1, -0.05) is 12.1 Å². The highest BCUT2D eigenvalue weighted by atomic mass is 127. The predicted octanol–water partition coefficient (Wildman–Crippen LogP) is 2.65. The van der Waals surface area contributed by atoms with E-state index in [0.29, 0.717) is 37.7 Å². The summed E-state index contributed by atoms with van der Waals surface area (Å²) < 4.78 is 38.5. The third kappa shape index (κ3) is 7.19. The van der Waals surface area contributed by atoms with Crippen molar-refractivity contribution >= 4 is 40.0 Å². The molecule has 1 heterocycles. The van der Waals surface area contributed by atoms with Crippen LogP contribution in [0, 0.1) is 18.7 Å². The van der Waals surface area contributed by atoms with E-state index in [1.165, 1.54) is 16.6 Å². The summed E-state index contributed by atoms with van der Waals surface area (Å²) in [6.07, 6.45) is 2.06. The van der Waals surface area contributed by atoms with E-state index in [-0.39, 0.29) is 41.8 Å². The number of nitrogens with one attached hydrogen (secondary N) is 2. The van der Waals surface area contributed by atoms with Crippen molar-refractivity contribution in [2.75, 3.05) is 32.4 Å². The third-order valence-corrected chi connectivity index (χ3v) is 5.89. The summed E-state index contributed by atoms with van der Waals surface area (Å²) in [6, 6.07) is 5.11. The number of guanidine groups is 1. The summed E-state index contributed by atoms with van der Waals surface area (Å²) in [7, 11) is -3.13. The molecule has 2 N–H and O–H groups in total. The number of benzene rings is 1. The minimum absolute atomic E-state index is 0. The Kier molecular flexibility index (Phi) is 9.43. The SMILES string of the molecule is CCNC(=NCC1CCN(S(C)(=O)=O)C1)NC(C)c1ccc(C)c(F)c1.I. The first-order chi connectivity index (χ1) is 12.2. The van der Waals surface area contributed by atoms with Crippen molar-refractivity contribution in [3.05, 3.63) is 35.1 Å². The summed E-state index contributed by atoms with van der Waals surface area (Å²) in [5, 5.41) is 6.47. The zero-order valence-corrected chi connectivity index (χ0v) is 19.5. The van der Waals surface area contributed by atoms with Gasteiger partial charge in [-0.05, 0) is 50.3 Å². The van der Waals surface area contributed by atoms with E-state index in [4.69, 9.17) is 0 Å². The van der Waals surface area contributed by atoms with Crippen LogP contribution >= 0.6 is 24.0 Å². The normalized spacial score (nSPS) is 19.4. The number of hydrogen-bond acceptors (Lipinski definition) is 3. The van der Waals surface area contributed by atoms with Crippen LogP contribution in [0.4, 0.5) is 4.39 Å². The second kappa shape index (κ2) is 10.6. The molecule has 2 rings (SSSR count). The van der Waals surface area contributed by atoms with Crippen molar-refractivity contribution in [1.82, 2.24) is 14.9 Å². The van der Waals surface area contributed by atoms with Gasteiger partial charge in [0.2, 0.25) is 10.0 Å². The summed E-state index contributed by atoms with van der Waals surface area (Å²) in [5.74, 6) is 0.649. The standard InChI is InChI=1S/C18H29FN4O2S.HI/c1-5-20-18(21-11-15-8-9-23(12-15)26(4,24)25)22-14(3)16-7-6-13(2)17(19)10-16;/h6-7,10,14-15H,5,8-9,11-12H2,1-4H3,(H2,20,21,22);1H. The first kappa shape index (κ1) is 24.1. The molecular weight excluding hydrogens is 482 g/mol. The van der Waals surface area contributed by atoms with Gasteiger partial charge >= 0.3 is 0 Å². The van der Waals surface area contributed by atoms with Gasteiger partial charge in [0.25, 0.3) is 0 Å². The van der Waals surface area contributed by atoms with Gasteiger partial charge in [-0.3, -0.25) is 4.99 Å². The molecule has 1 aromatic rings. The molecule has 1 aliphatic rings. The first-order valence-electron chi connectivity index (χ1n) is 8.96. The fourth-order valence-electron chi connectivity index (χ4n) is 2.95. The zero-order valence-electron chi connectivity index (χ0n) is 16.3. The molecule has 2 atom stereocenters. The fourth-order valence-corrected chi connectivity index (χ4v) is 3.87. The Hall–Kier alpha value is -0.940. The van der Waals surface area contributed by atoms with Gasteiger partial charge < -0.3 is 10.6 Å². The quantitative estimate of drug-likeness (QED) is 0.349. The third-order valence-electron chi connectivity index (χ3n) is 4.62. The first-order valence-corrected chi connectivity index (χ1v) is 10.8. The molecule has 0 bridgehead atoms. The van der Waals surface area contributed by atoms with Crippen LogP contribution in [0.25, 0.3) is 0 Å². The lowest BCUT2D eigenvalue weighted by atomic mass is 10.1. The van der Waals surface area contributed by atoms with E-state index < -0.39 is 10.0 Å². The molecule has 0 amide bonds. The van der Waals surface area contributed by atoms with E-state index >= 15 is 0 Å². The number of aliphatic imine (C=N–C) groups is 1. The van der Waals surface area contributed by atoms with Gasteiger partial charge in [0, 0.05) is 26.2 Å². The molecule has 6 nitrogen and oxygen atoms in total. The smallest absolute Gasteiger partial charge is 0.211 e. The van der Waals surface area contributed by atoms with Crippen molar-refractivity contribution in [2.45, 2.75) is 33.2 Å². The number of halogens is 2. The van der Waals surface area contributed by atoms with Gasteiger partial charge in [-0.15, -0.1) is 24.0 Å². The number of nitrogens with zero attached hydrogens (tertiary/aromatic N) is 2. The molecule has 9 heteroatoms. The minimum Gasteiger partial charge on any atom is -0.357 e. The Morgan fingerprint density at radius 3 is 2.70 bits per heavy atom. The summed E-state index contributed by atoms with van der Waals surface area (Å²) >= 11 is 0. The zero-order chi connectivity index (χ0) is 19.3. The maximum absolute atomic E-state index is 13.8. The lowest BCUT2D eigenvalue weighted by molar-refractivity contribution is 0.463.